The lowest BCUT2D eigenvalue weighted by Crippen LogP contribution is -2.37. The summed E-state index contributed by atoms with van der Waals surface area (Å²) in [5, 5.41) is 18.1. The highest BCUT2D eigenvalue weighted by molar-refractivity contribution is 9.10. The Balaban J connectivity index is 3.34. The molecular weight excluding hydrogens is 350 g/mol. The van der Waals surface area contributed by atoms with Gasteiger partial charge in [0.25, 0.3) is 0 Å². The summed E-state index contributed by atoms with van der Waals surface area (Å²) in [7, 11) is -3.91. The molecule has 20 heavy (non-hydrogen) atoms. The zero-order valence-electron chi connectivity index (χ0n) is 11.1. The summed E-state index contributed by atoms with van der Waals surface area (Å²) in [4.78, 5) is 10.9. The molecular formula is C12H16BrNO5S. The number of aromatic carboxylic acids is 1. The van der Waals surface area contributed by atoms with Crippen LogP contribution < -0.4 is 4.72 Å². The minimum atomic E-state index is -3.91. The van der Waals surface area contributed by atoms with Crippen LogP contribution in [0.15, 0.2) is 21.5 Å². The van der Waals surface area contributed by atoms with Crippen LogP contribution in [0, 0.1) is 6.92 Å². The van der Waals surface area contributed by atoms with Gasteiger partial charge in [0.1, 0.15) is 0 Å². The molecule has 0 radical (unpaired) electrons. The number of sulfonamides is 1. The number of rotatable bonds is 6. The second-order valence-electron chi connectivity index (χ2n) is 4.32. The van der Waals surface area contributed by atoms with Gasteiger partial charge in [0.2, 0.25) is 10.0 Å². The fourth-order valence-corrected chi connectivity index (χ4v) is 3.94. The number of hydrogen-bond donors (Lipinski definition) is 3. The first kappa shape index (κ1) is 17.1. The number of aryl methyl sites for hydroxylation is 1. The van der Waals surface area contributed by atoms with Crippen molar-refractivity contribution >= 4 is 31.9 Å². The topological polar surface area (TPSA) is 104 Å². The van der Waals surface area contributed by atoms with E-state index in [1.54, 1.807) is 13.8 Å². The Hall–Kier alpha value is -0.960. The quantitative estimate of drug-likeness (QED) is 0.708. The molecule has 1 atom stereocenters. The minimum absolute atomic E-state index is 0.108. The van der Waals surface area contributed by atoms with Gasteiger partial charge in [-0.3, -0.25) is 0 Å². The minimum Gasteiger partial charge on any atom is -0.478 e. The normalized spacial score (nSPS) is 13.2. The second kappa shape index (κ2) is 6.66. The highest BCUT2D eigenvalue weighted by Crippen LogP contribution is 2.27. The lowest BCUT2D eigenvalue weighted by atomic mass is 10.1. The van der Waals surface area contributed by atoms with Crippen LogP contribution in [0.2, 0.25) is 0 Å². The van der Waals surface area contributed by atoms with E-state index in [4.69, 9.17) is 10.2 Å². The fourth-order valence-electron chi connectivity index (χ4n) is 1.59. The molecule has 0 fully saturated rings. The van der Waals surface area contributed by atoms with Crippen molar-refractivity contribution in [1.82, 2.24) is 4.72 Å². The molecule has 0 aromatic heterocycles. The van der Waals surface area contributed by atoms with Crippen molar-refractivity contribution in [3.05, 3.63) is 27.7 Å². The summed E-state index contributed by atoms with van der Waals surface area (Å²) in [6.07, 6.45) is 0.422. The van der Waals surface area contributed by atoms with Crippen LogP contribution in [-0.2, 0) is 10.0 Å². The van der Waals surface area contributed by atoms with Crippen molar-refractivity contribution in [2.24, 2.45) is 0 Å². The summed E-state index contributed by atoms with van der Waals surface area (Å²) in [6, 6.07) is 1.86. The SMILES string of the molecule is CC[C@H](CO)NS(=O)(=O)c1cc(C(=O)O)cc(C)c1Br. The average molecular weight is 366 g/mol. The van der Waals surface area contributed by atoms with Crippen LogP contribution in [0.4, 0.5) is 0 Å². The Kier molecular flexibility index (Phi) is 5.69. The lowest BCUT2D eigenvalue weighted by molar-refractivity contribution is 0.0696. The Bertz CT molecular complexity index is 611. The number of hydrogen-bond acceptors (Lipinski definition) is 4. The van der Waals surface area contributed by atoms with Gasteiger partial charge in [0.15, 0.2) is 0 Å². The molecule has 1 aromatic carbocycles. The number of benzene rings is 1. The molecule has 6 nitrogen and oxygen atoms in total. The molecule has 0 aliphatic rings. The van der Waals surface area contributed by atoms with E-state index in [-0.39, 0.29) is 17.1 Å². The number of aliphatic hydroxyl groups excluding tert-OH is 1. The smallest absolute Gasteiger partial charge is 0.335 e. The van der Waals surface area contributed by atoms with Gasteiger partial charge < -0.3 is 10.2 Å². The number of aliphatic hydroxyl groups is 1. The summed E-state index contributed by atoms with van der Waals surface area (Å²) >= 11 is 3.16. The maximum atomic E-state index is 12.3. The van der Waals surface area contributed by atoms with Crippen molar-refractivity contribution in [2.45, 2.75) is 31.2 Å². The zero-order chi connectivity index (χ0) is 15.5. The largest absolute Gasteiger partial charge is 0.478 e. The molecule has 0 aliphatic carbocycles. The highest BCUT2D eigenvalue weighted by Gasteiger charge is 2.24. The predicted molar refractivity (Wildman–Crippen MR) is 77.3 cm³/mol. The molecule has 1 aromatic rings. The predicted octanol–water partition coefficient (Wildman–Crippen LogP) is 1.50. The first-order chi connectivity index (χ1) is 9.22. The van der Waals surface area contributed by atoms with Gasteiger partial charge >= 0.3 is 5.97 Å². The summed E-state index contributed by atoms with van der Waals surface area (Å²) < 4.78 is 27.2. The van der Waals surface area contributed by atoms with Gasteiger partial charge in [0.05, 0.1) is 17.1 Å². The first-order valence-corrected chi connectivity index (χ1v) is 8.17. The molecule has 0 aliphatic heterocycles. The van der Waals surface area contributed by atoms with Gasteiger partial charge in [-0.05, 0) is 47.0 Å². The Labute approximate surface area is 126 Å². The molecule has 0 saturated carbocycles. The third-order valence-corrected chi connectivity index (χ3v) is 5.65. The van der Waals surface area contributed by atoms with E-state index in [1.807, 2.05) is 0 Å². The maximum Gasteiger partial charge on any atom is 0.335 e. The van der Waals surface area contributed by atoms with E-state index in [1.165, 1.54) is 6.07 Å². The lowest BCUT2D eigenvalue weighted by Gasteiger charge is -2.16. The molecule has 0 spiro atoms. The number of carboxylic acid groups (broad SMARTS) is 1. The van der Waals surface area contributed by atoms with E-state index < -0.39 is 22.0 Å². The third kappa shape index (κ3) is 3.78. The van der Waals surface area contributed by atoms with Crippen LogP contribution in [0.5, 0.6) is 0 Å². The zero-order valence-corrected chi connectivity index (χ0v) is 13.5. The highest BCUT2D eigenvalue weighted by atomic mass is 79.9. The first-order valence-electron chi connectivity index (χ1n) is 5.89. The second-order valence-corrected chi connectivity index (χ2v) is 6.79. The van der Waals surface area contributed by atoms with Crippen molar-refractivity contribution in [3.63, 3.8) is 0 Å². The number of halogens is 1. The number of carboxylic acids is 1. The van der Waals surface area contributed by atoms with E-state index >= 15 is 0 Å². The maximum absolute atomic E-state index is 12.3. The van der Waals surface area contributed by atoms with Crippen molar-refractivity contribution in [2.75, 3.05) is 6.61 Å². The monoisotopic (exact) mass is 365 g/mol. The van der Waals surface area contributed by atoms with Crippen molar-refractivity contribution < 1.29 is 23.4 Å². The van der Waals surface area contributed by atoms with E-state index in [2.05, 4.69) is 20.7 Å². The van der Waals surface area contributed by atoms with Crippen LogP contribution in [0.3, 0.4) is 0 Å². The summed E-state index contributed by atoms with van der Waals surface area (Å²) in [5.41, 5.74) is 0.394. The summed E-state index contributed by atoms with van der Waals surface area (Å²) in [6.45, 7) is 3.02. The van der Waals surface area contributed by atoms with E-state index in [9.17, 15) is 13.2 Å². The summed E-state index contributed by atoms with van der Waals surface area (Å²) in [5.74, 6) is -1.20. The molecule has 0 heterocycles. The number of carbonyl (C=O) groups is 1. The molecule has 3 N–H and O–H groups in total. The van der Waals surface area contributed by atoms with Crippen molar-refractivity contribution in [3.8, 4) is 0 Å². The number of nitrogens with one attached hydrogen (secondary N) is 1. The van der Waals surface area contributed by atoms with Crippen LogP contribution in [0.1, 0.15) is 29.3 Å². The fraction of sp³-hybridized carbons (Fsp3) is 0.417. The Morgan fingerprint density at radius 2 is 2.05 bits per heavy atom. The van der Waals surface area contributed by atoms with Gasteiger partial charge in [0, 0.05) is 10.5 Å². The molecule has 0 bridgehead atoms. The van der Waals surface area contributed by atoms with E-state index in [0.717, 1.165) is 6.07 Å². The molecule has 0 saturated heterocycles. The van der Waals surface area contributed by atoms with E-state index in [0.29, 0.717) is 16.5 Å². The Morgan fingerprint density at radius 3 is 2.50 bits per heavy atom. The average Bonchev–Trinajstić information content (AvgIpc) is 2.38. The Morgan fingerprint density at radius 1 is 1.45 bits per heavy atom. The standard InChI is InChI=1S/C12H16BrNO5S/c1-3-9(6-15)14-20(18,19)10-5-8(12(16)17)4-7(2)11(10)13/h4-5,9,14-15H,3,6H2,1-2H3,(H,16,17)/t9-/m1/s1. The van der Waals surface area contributed by atoms with Gasteiger partial charge in [-0.1, -0.05) is 6.92 Å². The molecule has 0 unspecified atom stereocenters. The van der Waals surface area contributed by atoms with Gasteiger partial charge in [-0.25, -0.2) is 17.9 Å². The van der Waals surface area contributed by atoms with Crippen LogP contribution in [0.25, 0.3) is 0 Å². The molecule has 8 heteroatoms. The van der Waals surface area contributed by atoms with Gasteiger partial charge in [-0.15, -0.1) is 0 Å². The molecule has 0 amide bonds. The van der Waals surface area contributed by atoms with Crippen molar-refractivity contribution in [1.29, 1.82) is 0 Å². The van der Waals surface area contributed by atoms with Crippen LogP contribution in [-0.4, -0.2) is 37.2 Å². The van der Waals surface area contributed by atoms with Gasteiger partial charge in [-0.2, -0.15) is 0 Å². The van der Waals surface area contributed by atoms with Crippen LogP contribution >= 0.6 is 15.9 Å². The molecule has 112 valence electrons. The third-order valence-electron chi connectivity index (χ3n) is 2.79. The molecule has 1 rings (SSSR count).